The molecule has 0 spiro atoms. The van der Waals surface area contributed by atoms with Gasteiger partial charge in [0.15, 0.2) is 0 Å². The van der Waals surface area contributed by atoms with Crippen LogP contribution in [0.5, 0.6) is 0 Å². The number of benzene rings is 1. The molecular weight excluding hydrogens is 496 g/mol. The van der Waals surface area contributed by atoms with Crippen LogP contribution in [-0.4, -0.2) is 86.5 Å². The number of aliphatic hydroxyl groups is 1. The predicted octanol–water partition coefficient (Wildman–Crippen LogP) is -1.27. The van der Waals surface area contributed by atoms with Crippen molar-refractivity contribution >= 4 is 40.5 Å². The van der Waals surface area contributed by atoms with Crippen LogP contribution in [0.4, 0.5) is 0 Å². The fourth-order valence-electron chi connectivity index (χ4n) is 4.52. The average Bonchev–Trinajstić information content (AvgIpc) is 3.52. The number of aliphatic hydroxyl groups excluding tert-OH is 1. The molecular formula is C25H34N6O7. The summed E-state index contributed by atoms with van der Waals surface area (Å²) in [5, 5.41) is 25.3. The van der Waals surface area contributed by atoms with E-state index >= 15 is 0 Å². The summed E-state index contributed by atoms with van der Waals surface area (Å²) in [4.78, 5) is 66.6. The van der Waals surface area contributed by atoms with Crippen LogP contribution in [0.1, 0.15) is 38.2 Å². The van der Waals surface area contributed by atoms with Gasteiger partial charge in [-0.1, -0.05) is 18.2 Å². The van der Waals surface area contributed by atoms with Crippen molar-refractivity contribution in [2.24, 2.45) is 11.5 Å². The molecule has 1 aromatic heterocycles. The molecule has 5 atom stereocenters. The number of H-pyrrole nitrogens is 1. The molecule has 13 nitrogen and oxygen atoms in total. The number of aromatic amines is 1. The summed E-state index contributed by atoms with van der Waals surface area (Å²) in [6.45, 7) is 1.62. The number of hydrogen-bond acceptors (Lipinski definition) is 7. The smallest absolute Gasteiger partial charge is 0.326 e. The summed E-state index contributed by atoms with van der Waals surface area (Å²) in [5.41, 5.74) is 12.5. The third kappa shape index (κ3) is 6.86. The van der Waals surface area contributed by atoms with Gasteiger partial charge in [0.1, 0.15) is 24.2 Å². The van der Waals surface area contributed by atoms with Crippen LogP contribution in [0, 0.1) is 0 Å². The van der Waals surface area contributed by atoms with Gasteiger partial charge in [-0.2, -0.15) is 0 Å². The number of aliphatic carboxylic acids is 1. The number of amides is 4. The maximum atomic E-state index is 13.1. The van der Waals surface area contributed by atoms with Crippen LogP contribution in [0.15, 0.2) is 30.5 Å². The van der Waals surface area contributed by atoms with E-state index in [-0.39, 0.29) is 25.8 Å². The Bertz CT molecular complexity index is 1200. The second kappa shape index (κ2) is 12.5. The normalized spacial score (nSPS) is 18.4. The first-order chi connectivity index (χ1) is 18.0. The van der Waals surface area contributed by atoms with Gasteiger partial charge in [0.25, 0.3) is 0 Å². The molecule has 3 rings (SSSR count). The lowest BCUT2D eigenvalue weighted by atomic mass is 10.0. The van der Waals surface area contributed by atoms with E-state index in [0.717, 1.165) is 10.9 Å². The highest BCUT2D eigenvalue weighted by molar-refractivity contribution is 5.95. The zero-order valence-electron chi connectivity index (χ0n) is 21.1. The molecule has 1 fully saturated rings. The lowest BCUT2D eigenvalue weighted by Gasteiger charge is -2.29. The fraction of sp³-hybridized carbons (Fsp3) is 0.480. The van der Waals surface area contributed by atoms with Crippen molar-refractivity contribution in [3.8, 4) is 0 Å². The van der Waals surface area contributed by atoms with E-state index in [0.29, 0.717) is 18.4 Å². The van der Waals surface area contributed by atoms with E-state index in [1.54, 1.807) is 6.20 Å². The Morgan fingerprint density at radius 1 is 1.16 bits per heavy atom. The Kier molecular flexibility index (Phi) is 9.42. The van der Waals surface area contributed by atoms with E-state index in [9.17, 15) is 34.2 Å². The van der Waals surface area contributed by atoms with Gasteiger partial charge in [-0.25, -0.2) is 4.79 Å². The molecule has 0 saturated carbocycles. The van der Waals surface area contributed by atoms with Crippen LogP contribution in [0.2, 0.25) is 0 Å². The number of hydrogen-bond donors (Lipinski definition) is 7. The quantitative estimate of drug-likeness (QED) is 0.175. The van der Waals surface area contributed by atoms with Crippen molar-refractivity contribution < 1.29 is 34.2 Å². The van der Waals surface area contributed by atoms with Crippen molar-refractivity contribution in [1.29, 1.82) is 0 Å². The first-order valence-corrected chi connectivity index (χ1v) is 12.4. The highest BCUT2D eigenvalue weighted by Gasteiger charge is 2.39. The fourth-order valence-corrected chi connectivity index (χ4v) is 4.52. The molecule has 5 unspecified atom stereocenters. The number of likely N-dealkylation sites (tertiary alicyclic amines) is 1. The second-order valence-corrected chi connectivity index (χ2v) is 9.49. The van der Waals surface area contributed by atoms with E-state index < -0.39 is 59.9 Å². The Morgan fingerprint density at radius 2 is 1.87 bits per heavy atom. The van der Waals surface area contributed by atoms with Gasteiger partial charge in [0, 0.05) is 36.5 Å². The molecule has 13 heteroatoms. The van der Waals surface area contributed by atoms with Gasteiger partial charge in [-0.3, -0.25) is 19.2 Å². The van der Waals surface area contributed by atoms with Gasteiger partial charge in [0.2, 0.25) is 23.6 Å². The number of nitrogens with one attached hydrogen (secondary N) is 3. The number of para-hydroxylation sites is 1. The summed E-state index contributed by atoms with van der Waals surface area (Å²) in [7, 11) is 0. The van der Waals surface area contributed by atoms with Gasteiger partial charge >= 0.3 is 5.97 Å². The highest BCUT2D eigenvalue weighted by atomic mass is 16.4. The topological polar surface area (TPSA) is 221 Å². The number of nitrogens with two attached hydrogens (primary N) is 2. The van der Waals surface area contributed by atoms with E-state index in [1.165, 1.54) is 11.8 Å². The van der Waals surface area contributed by atoms with Crippen molar-refractivity contribution in [3.05, 3.63) is 36.0 Å². The number of nitrogens with zero attached hydrogens (tertiary/aromatic N) is 1. The van der Waals surface area contributed by atoms with Gasteiger partial charge in [0.05, 0.1) is 6.10 Å². The van der Waals surface area contributed by atoms with Crippen molar-refractivity contribution in [2.45, 2.75) is 69.3 Å². The SMILES string of the molecule is CC(O)C(N)C(=O)N1CCCC1C(=O)NC(CCC(N)=O)C(=O)NC(Cc1c[nH]c2ccccc12)C(=O)O. The Hall–Kier alpha value is -3.97. The number of carbonyl (C=O) groups is 5. The summed E-state index contributed by atoms with van der Waals surface area (Å²) in [6, 6.07) is 2.59. The van der Waals surface area contributed by atoms with Gasteiger partial charge < -0.3 is 42.2 Å². The first-order valence-electron chi connectivity index (χ1n) is 12.4. The molecule has 2 aromatic rings. The molecule has 1 aliphatic rings. The summed E-state index contributed by atoms with van der Waals surface area (Å²) in [6.07, 6.45) is 0.948. The Balaban J connectivity index is 1.74. The molecule has 0 bridgehead atoms. The van der Waals surface area contributed by atoms with Crippen LogP contribution in [0.3, 0.4) is 0 Å². The third-order valence-electron chi connectivity index (χ3n) is 6.67. The van der Waals surface area contributed by atoms with Crippen molar-refractivity contribution in [2.75, 3.05) is 6.54 Å². The van der Waals surface area contributed by atoms with E-state index in [1.807, 2.05) is 24.3 Å². The van der Waals surface area contributed by atoms with Crippen molar-refractivity contribution in [1.82, 2.24) is 20.5 Å². The third-order valence-corrected chi connectivity index (χ3v) is 6.67. The number of carboxylic acid groups (broad SMARTS) is 1. The van der Waals surface area contributed by atoms with Crippen LogP contribution < -0.4 is 22.1 Å². The molecule has 4 amide bonds. The summed E-state index contributed by atoms with van der Waals surface area (Å²) < 4.78 is 0. The molecule has 2 heterocycles. The van der Waals surface area contributed by atoms with Gasteiger partial charge in [-0.05, 0) is 37.8 Å². The number of rotatable bonds is 12. The highest BCUT2D eigenvalue weighted by Crippen LogP contribution is 2.21. The second-order valence-electron chi connectivity index (χ2n) is 9.49. The Labute approximate surface area is 218 Å². The van der Waals surface area contributed by atoms with Gasteiger partial charge in [-0.15, -0.1) is 0 Å². The molecule has 0 radical (unpaired) electrons. The Morgan fingerprint density at radius 3 is 2.53 bits per heavy atom. The molecule has 206 valence electrons. The first kappa shape index (κ1) is 28.6. The maximum Gasteiger partial charge on any atom is 0.326 e. The molecule has 1 aliphatic heterocycles. The molecule has 1 saturated heterocycles. The minimum absolute atomic E-state index is 0.0241. The van der Waals surface area contributed by atoms with Crippen LogP contribution in [0.25, 0.3) is 10.9 Å². The lowest BCUT2D eigenvalue weighted by molar-refractivity contribution is -0.143. The van der Waals surface area contributed by atoms with E-state index in [2.05, 4.69) is 15.6 Å². The molecule has 9 N–H and O–H groups in total. The monoisotopic (exact) mass is 530 g/mol. The maximum absolute atomic E-state index is 13.1. The molecule has 1 aromatic carbocycles. The van der Waals surface area contributed by atoms with Crippen LogP contribution >= 0.6 is 0 Å². The van der Waals surface area contributed by atoms with Crippen molar-refractivity contribution in [3.63, 3.8) is 0 Å². The largest absolute Gasteiger partial charge is 0.480 e. The molecule has 0 aliphatic carbocycles. The summed E-state index contributed by atoms with van der Waals surface area (Å²) in [5.74, 6) is -4.03. The number of primary amides is 1. The van der Waals surface area contributed by atoms with E-state index in [4.69, 9.17) is 11.5 Å². The lowest BCUT2D eigenvalue weighted by Crippen LogP contribution is -2.57. The standard InChI is InChI=1S/C25H34N6O7/c1-13(32)21(27)24(36)31-10-4-7-19(31)23(35)29-17(8-9-20(26)33)22(34)30-18(25(37)38)11-14-12-28-16-6-3-2-5-15(14)16/h2-3,5-6,12-13,17-19,21,28,32H,4,7-11,27H2,1H3,(H2,26,33)(H,29,35)(H,30,34)(H,37,38). The zero-order chi connectivity index (χ0) is 28.0. The molecule has 38 heavy (non-hydrogen) atoms. The number of fused-ring (bicyclic) bond motifs is 1. The minimum Gasteiger partial charge on any atom is -0.480 e. The zero-order valence-corrected chi connectivity index (χ0v) is 21.1. The average molecular weight is 531 g/mol. The number of carbonyl (C=O) groups excluding carboxylic acids is 4. The number of carboxylic acids is 1. The predicted molar refractivity (Wildman–Crippen MR) is 136 cm³/mol. The summed E-state index contributed by atoms with van der Waals surface area (Å²) >= 11 is 0. The number of aromatic nitrogens is 1. The minimum atomic E-state index is -1.32. The van der Waals surface area contributed by atoms with Crippen LogP contribution in [-0.2, 0) is 30.4 Å².